The summed E-state index contributed by atoms with van der Waals surface area (Å²) in [5, 5.41) is 0. The average Bonchev–Trinajstić information content (AvgIpc) is 2.09. The van der Waals surface area contributed by atoms with Crippen molar-refractivity contribution >= 4 is 15.9 Å². The van der Waals surface area contributed by atoms with Crippen LogP contribution in [0.5, 0.6) is 0 Å². The Morgan fingerprint density at radius 3 is 2.92 bits per heavy atom. The lowest BCUT2D eigenvalue weighted by molar-refractivity contribution is 0.658. The summed E-state index contributed by atoms with van der Waals surface area (Å²) in [6.07, 6.45) is 6.93. The second-order valence-corrected chi connectivity index (χ2v) is 3.24. The van der Waals surface area contributed by atoms with E-state index in [0.717, 1.165) is 0 Å². The molecule has 4 nitrogen and oxygen atoms in total. The normalized spacial score (nSPS) is 9.54. The molecule has 0 radical (unpaired) electrons. The quantitative estimate of drug-likeness (QED) is 0.760. The third-order valence-corrected chi connectivity index (χ3v) is 2.03. The van der Waals surface area contributed by atoms with Crippen LogP contribution < -0.4 is 11.2 Å². The molecule has 0 saturated heterocycles. The number of nitrogens with one attached hydrogen (secondary N) is 1. The van der Waals surface area contributed by atoms with Crippen LogP contribution in [0.2, 0.25) is 0 Å². The maximum Gasteiger partial charge on any atom is 0.328 e. The zero-order valence-corrected chi connectivity index (χ0v) is 8.30. The van der Waals surface area contributed by atoms with Crippen molar-refractivity contribution in [2.45, 2.75) is 13.0 Å². The predicted octanol–water partition coefficient (Wildman–Crippen LogP) is 0.322. The van der Waals surface area contributed by atoms with Crippen LogP contribution in [-0.2, 0) is 6.54 Å². The molecule has 68 valence electrons. The SMILES string of the molecule is C#CCCn1cc(Br)c(=O)[nH]c1=O. The van der Waals surface area contributed by atoms with E-state index in [9.17, 15) is 9.59 Å². The van der Waals surface area contributed by atoms with Gasteiger partial charge in [0, 0.05) is 19.2 Å². The molecule has 1 aromatic heterocycles. The molecular formula is C8H7BrN2O2. The minimum absolute atomic E-state index is 0.323. The third-order valence-electron chi connectivity index (χ3n) is 1.46. The summed E-state index contributed by atoms with van der Waals surface area (Å²) in [6, 6.07) is 0. The molecule has 0 aliphatic heterocycles. The summed E-state index contributed by atoms with van der Waals surface area (Å²) in [7, 11) is 0. The zero-order valence-electron chi connectivity index (χ0n) is 6.71. The van der Waals surface area contributed by atoms with Crippen LogP contribution in [-0.4, -0.2) is 9.55 Å². The van der Waals surface area contributed by atoms with Gasteiger partial charge in [0.05, 0.1) is 4.47 Å². The topological polar surface area (TPSA) is 54.9 Å². The Kier molecular flexibility index (Phi) is 3.09. The van der Waals surface area contributed by atoms with Crippen molar-refractivity contribution in [2.75, 3.05) is 0 Å². The molecule has 5 heteroatoms. The number of nitrogens with zero attached hydrogens (tertiary/aromatic N) is 1. The van der Waals surface area contributed by atoms with Crippen molar-refractivity contribution in [3.05, 3.63) is 31.5 Å². The van der Waals surface area contributed by atoms with Gasteiger partial charge in [-0.15, -0.1) is 12.3 Å². The Hall–Kier alpha value is -1.28. The first-order valence-electron chi connectivity index (χ1n) is 3.58. The van der Waals surface area contributed by atoms with Gasteiger partial charge in [-0.1, -0.05) is 0 Å². The van der Waals surface area contributed by atoms with Gasteiger partial charge in [-0.25, -0.2) is 4.79 Å². The standard InChI is InChI=1S/C8H7BrN2O2/c1-2-3-4-11-5-6(9)7(12)10-8(11)13/h1,5H,3-4H2,(H,10,12,13). The summed E-state index contributed by atoms with van der Waals surface area (Å²) in [4.78, 5) is 24.2. The number of H-pyrrole nitrogens is 1. The lowest BCUT2D eigenvalue weighted by atomic mass is 10.4. The number of hydrogen-bond donors (Lipinski definition) is 1. The molecule has 0 aromatic carbocycles. The molecule has 0 spiro atoms. The highest BCUT2D eigenvalue weighted by Crippen LogP contribution is 1.97. The first-order valence-corrected chi connectivity index (χ1v) is 4.37. The van der Waals surface area contributed by atoms with Gasteiger partial charge in [-0.2, -0.15) is 0 Å². The smallest absolute Gasteiger partial charge is 0.299 e. The lowest BCUT2D eigenvalue weighted by Gasteiger charge is -2.01. The molecule has 0 saturated carbocycles. The van der Waals surface area contributed by atoms with Gasteiger partial charge in [0.2, 0.25) is 0 Å². The van der Waals surface area contributed by atoms with Crippen LogP contribution in [0.1, 0.15) is 6.42 Å². The van der Waals surface area contributed by atoms with Crippen molar-refractivity contribution in [3.8, 4) is 12.3 Å². The first-order chi connectivity index (χ1) is 6.15. The monoisotopic (exact) mass is 242 g/mol. The van der Waals surface area contributed by atoms with E-state index in [2.05, 4.69) is 26.8 Å². The maximum absolute atomic E-state index is 11.1. The van der Waals surface area contributed by atoms with E-state index in [1.165, 1.54) is 10.8 Å². The third kappa shape index (κ3) is 2.33. The van der Waals surface area contributed by atoms with Crippen LogP contribution in [0, 0.1) is 12.3 Å². The molecule has 0 unspecified atom stereocenters. The van der Waals surface area contributed by atoms with Crippen LogP contribution in [0.3, 0.4) is 0 Å². The molecule has 0 bridgehead atoms. The molecule has 0 fully saturated rings. The van der Waals surface area contributed by atoms with E-state index >= 15 is 0 Å². The van der Waals surface area contributed by atoms with Gasteiger partial charge in [0.15, 0.2) is 0 Å². The predicted molar refractivity (Wildman–Crippen MR) is 52.5 cm³/mol. The fraction of sp³-hybridized carbons (Fsp3) is 0.250. The van der Waals surface area contributed by atoms with Crippen LogP contribution in [0.15, 0.2) is 20.3 Å². The van der Waals surface area contributed by atoms with Gasteiger partial charge in [-0.05, 0) is 15.9 Å². The molecule has 0 aliphatic carbocycles. The Morgan fingerprint density at radius 2 is 2.31 bits per heavy atom. The second-order valence-electron chi connectivity index (χ2n) is 2.38. The van der Waals surface area contributed by atoms with E-state index in [1.54, 1.807) is 0 Å². The highest BCUT2D eigenvalue weighted by molar-refractivity contribution is 9.10. The van der Waals surface area contributed by atoms with Crippen molar-refractivity contribution in [1.29, 1.82) is 0 Å². The van der Waals surface area contributed by atoms with Gasteiger partial charge in [-0.3, -0.25) is 14.3 Å². The van der Waals surface area contributed by atoms with Crippen molar-refractivity contribution in [2.24, 2.45) is 0 Å². The number of aromatic nitrogens is 2. The van der Waals surface area contributed by atoms with Crippen molar-refractivity contribution in [3.63, 3.8) is 0 Å². The van der Waals surface area contributed by atoms with E-state index < -0.39 is 11.2 Å². The van der Waals surface area contributed by atoms with Gasteiger partial charge < -0.3 is 0 Å². The fourth-order valence-electron chi connectivity index (χ4n) is 0.834. The molecule has 1 aromatic rings. The van der Waals surface area contributed by atoms with Crippen LogP contribution in [0.25, 0.3) is 0 Å². The summed E-state index contributed by atoms with van der Waals surface area (Å²) in [5.41, 5.74) is -0.870. The second kappa shape index (κ2) is 4.10. The molecule has 1 heterocycles. The zero-order chi connectivity index (χ0) is 9.84. The van der Waals surface area contributed by atoms with E-state index in [4.69, 9.17) is 6.42 Å². The lowest BCUT2D eigenvalue weighted by Crippen LogP contribution is -2.29. The van der Waals surface area contributed by atoms with Crippen LogP contribution >= 0.6 is 15.9 Å². The minimum atomic E-state index is -0.441. The molecule has 0 amide bonds. The van der Waals surface area contributed by atoms with Gasteiger partial charge in [0.1, 0.15) is 0 Å². The first kappa shape index (κ1) is 9.81. The average molecular weight is 243 g/mol. The number of terminal acetylenes is 1. The van der Waals surface area contributed by atoms with E-state index in [0.29, 0.717) is 17.4 Å². The number of halogens is 1. The van der Waals surface area contributed by atoms with E-state index in [-0.39, 0.29) is 0 Å². The minimum Gasteiger partial charge on any atom is -0.299 e. The Balaban J connectivity index is 3.11. The summed E-state index contributed by atoms with van der Waals surface area (Å²) in [5.74, 6) is 2.41. The van der Waals surface area contributed by atoms with E-state index in [1.807, 2.05) is 0 Å². The number of aryl methyl sites for hydroxylation is 1. The molecular weight excluding hydrogens is 236 g/mol. The maximum atomic E-state index is 11.1. The van der Waals surface area contributed by atoms with Crippen molar-refractivity contribution in [1.82, 2.24) is 9.55 Å². The molecule has 0 atom stereocenters. The highest BCUT2D eigenvalue weighted by Gasteiger charge is 1.99. The Bertz CT molecular complexity index is 452. The van der Waals surface area contributed by atoms with Gasteiger partial charge in [0.25, 0.3) is 5.56 Å². The van der Waals surface area contributed by atoms with Crippen molar-refractivity contribution < 1.29 is 0 Å². The molecule has 13 heavy (non-hydrogen) atoms. The van der Waals surface area contributed by atoms with Crippen LogP contribution in [0.4, 0.5) is 0 Å². The Morgan fingerprint density at radius 1 is 1.62 bits per heavy atom. The summed E-state index contributed by atoms with van der Waals surface area (Å²) < 4.78 is 1.68. The Labute approximate surface area is 82.7 Å². The molecule has 0 aliphatic rings. The van der Waals surface area contributed by atoms with Gasteiger partial charge >= 0.3 is 5.69 Å². The number of hydrogen-bond acceptors (Lipinski definition) is 2. The molecule has 1 rings (SSSR count). The fourth-order valence-corrected chi connectivity index (χ4v) is 1.18. The largest absolute Gasteiger partial charge is 0.328 e. The summed E-state index contributed by atoms with van der Waals surface area (Å²) in [6.45, 7) is 0.407. The highest BCUT2D eigenvalue weighted by atomic mass is 79.9. The molecule has 1 N–H and O–H groups in total. The number of rotatable bonds is 2. The summed E-state index contributed by atoms with van der Waals surface area (Å²) >= 11 is 3.02. The number of aromatic amines is 1.